The highest BCUT2D eigenvalue weighted by Crippen LogP contribution is 2.23. The van der Waals surface area contributed by atoms with Gasteiger partial charge >= 0.3 is 5.97 Å². The van der Waals surface area contributed by atoms with Crippen LogP contribution in [0.1, 0.15) is 34.1 Å². The van der Waals surface area contributed by atoms with Gasteiger partial charge in [-0.3, -0.25) is 0 Å². The molecular weight excluding hydrogens is 428 g/mol. The number of hydrogen-bond donors (Lipinski definition) is 1. The van der Waals surface area contributed by atoms with Crippen molar-refractivity contribution in [3.63, 3.8) is 0 Å². The molecule has 4 rings (SSSR count). The molecule has 0 spiro atoms. The number of nitrogens with zero attached hydrogens (tertiary/aromatic N) is 4. The van der Waals surface area contributed by atoms with Gasteiger partial charge in [0.15, 0.2) is 0 Å². The van der Waals surface area contributed by atoms with Gasteiger partial charge in [0.2, 0.25) is 5.95 Å². The normalized spacial score (nSPS) is 11.0. The number of carboxylic acid groups (broad SMARTS) is 1. The smallest absolute Gasteiger partial charge is 0.339 e. The summed E-state index contributed by atoms with van der Waals surface area (Å²) in [5, 5.41) is 10.9. The molecule has 2 aromatic carbocycles. The Bertz CT molecular complexity index is 1300. The average Bonchev–Trinajstić information content (AvgIpc) is 3.21. The molecule has 0 saturated carbocycles. The molecule has 0 aliphatic heterocycles. The number of aryl methyl sites for hydroxylation is 4. The van der Waals surface area contributed by atoms with Gasteiger partial charge in [-0.2, -0.15) is 0 Å². The Balaban J connectivity index is 1.49. The maximum Gasteiger partial charge on any atom is 0.339 e. The molecule has 0 bridgehead atoms. The van der Waals surface area contributed by atoms with E-state index < -0.39 is 5.97 Å². The van der Waals surface area contributed by atoms with Gasteiger partial charge in [0, 0.05) is 36.9 Å². The molecular formula is C27H30N4O3. The second-order valence-electron chi connectivity index (χ2n) is 8.33. The van der Waals surface area contributed by atoms with Crippen molar-refractivity contribution >= 4 is 22.8 Å². The van der Waals surface area contributed by atoms with Crippen molar-refractivity contribution in [2.75, 3.05) is 25.1 Å². The molecule has 0 amide bonds. The minimum atomic E-state index is -1.01. The number of rotatable bonds is 10. The van der Waals surface area contributed by atoms with Crippen LogP contribution >= 0.6 is 0 Å². The van der Waals surface area contributed by atoms with E-state index in [4.69, 9.17) is 4.74 Å². The van der Waals surface area contributed by atoms with Gasteiger partial charge in [-0.05, 0) is 49.9 Å². The summed E-state index contributed by atoms with van der Waals surface area (Å²) in [6, 6.07) is 16.2. The third-order valence-corrected chi connectivity index (χ3v) is 6.05. The molecule has 2 aromatic heterocycles. The molecule has 7 nitrogen and oxygen atoms in total. The summed E-state index contributed by atoms with van der Waals surface area (Å²) in [7, 11) is 1.88. The zero-order valence-electron chi connectivity index (χ0n) is 19.9. The van der Waals surface area contributed by atoms with Crippen LogP contribution in [0.2, 0.25) is 0 Å². The maximum atomic E-state index is 11.8. The van der Waals surface area contributed by atoms with E-state index in [0.717, 1.165) is 17.9 Å². The van der Waals surface area contributed by atoms with Crippen molar-refractivity contribution in [1.29, 1.82) is 0 Å². The predicted octanol–water partition coefficient (Wildman–Crippen LogP) is 4.76. The number of anilines is 1. The molecule has 2 heterocycles. The van der Waals surface area contributed by atoms with E-state index in [9.17, 15) is 9.90 Å². The van der Waals surface area contributed by atoms with Crippen molar-refractivity contribution in [1.82, 2.24) is 14.5 Å². The van der Waals surface area contributed by atoms with Crippen LogP contribution in [-0.4, -0.2) is 45.8 Å². The Morgan fingerprint density at radius 3 is 2.65 bits per heavy atom. The van der Waals surface area contributed by atoms with Crippen molar-refractivity contribution in [3.05, 3.63) is 83.3 Å². The zero-order valence-corrected chi connectivity index (χ0v) is 19.9. The number of aromatic nitrogens is 3. The summed E-state index contributed by atoms with van der Waals surface area (Å²) in [5.41, 5.74) is 4.15. The number of para-hydroxylation sites is 2. The lowest BCUT2D eigenvalue weighted by molar-refractivity contribution is 0.0694. The number of carbonyl (C=O) groups is 1. The maximum absolute atomic E-state index is 11.8. The van der Waals surface area contributed by atoms with Crippen molar-refractivity contribution in [3.8, 4) is 5.75 Å². The van der Waals surface area contributed by atoms with E-state index >= 15 is 0 Å². The molecule has 34 heavy (non-hydrogen) atoms. The minimum absolute atomic E-state index is 0.146. The topological polar surface area (TPSA) is 80.5 Å². The van der Waals surface area contributed by atoms with Crippen LogP contribution < -0.4 is 9.64 Å². The molecule has 0 atom stereocenters. The number of fused-ring (bicyclic) bond motifs is 1. The Morgan fingerprint density at radius 1 is 1.12 bits per heavy atom. The number of ether oxygens (including phenoxy) is 1. The van der Waals surface area contributed by atoms with Gasteiger partial charge in [-0.25, -0.2) is 14.8 Å². The van der Waals surface area contributed by atoms with Gasteiger partial charge in [0.05, 0.1) is 17.8 Å². The van der Waals surface area contributed by atoms with E-state index in [0.29, 0.717) is 37.6 Å². The Morgan fingerprint density at radius 2 is 1.88 bits per heavy atom. The number of hydrogen-bond acceptors (Lipinski definition) is 5. The van der Waals surface area contributed by atoms with Crippen molar-refractivity contribution < 1.29 is 14.6 Å². The molecule has 0 unspecified atom stereocenters. The number of aromatic carboxylic acids is 1. The molecule has 176 valence electrons. The van der Waals surface area contributed by atoms with Crippen LogP contribution in [0.4, 0.5) is 5.95 Å². The fourth-order valence-electron chi connectivity index (χ4n) is 4.11. The predicted molar refractivity (Wildman–Crippen MR) is 134 cm³/mol. The van der Waals surface area contributed by atoms with Crippen LogP contribution in [0.25, 0.3) is 10.9 Å². The first-order valence-corrected chi connectivity index (χ1v) is 11.5. The molecule has 1 N–H and O–H groups in total. The van der Waals surface area contributed by atoms with Gasteiger partial charge in [-0.15, -0.1) is 0 Å². The van der Waals surface area contributed by atoms with Gasteiger partial charge < -0.3 is 19.3 Å². The highest BCUT2D eigenvalue weighted by molar-refractivity contribution is 5.88. The number of likely N-dealkylation sites (N-methyl/N-ethyl adjacent to an activating group) is 1. The highest BCUT2D eigenvalue weighted by Gasteiger charge is 2.17. The van der Waals surface area contributed by atoms with E-state index in [1.807, 2.05) is 55.3 Å². The largest absolute Gasteiger partial charge is 0.491 e. The Labute approximate surface area is 199 Å². The van der Waals surface area contributed by atoms with Gasteiger partial charge in [-0.1, -0.05) is 36.4 Å². The molecule has 0 radical (unpaired) electrons. The average molecular weight is 459 g/mol. The second kappa shape index (κ2) is 10.4. The van der Waals surface area contributed by atoms with Crippen LogP contribution in [0, 0.1) is 6.92 Å². The first kappa shape index (κ1) is 23.3. The minimum Gasteiger partial charge on any atom is -0.491 e. The molecule has 0 aliphatic carbocycles. The lowest BCUT2D eigenvalue weighted by Gasteiger charge is -2.19. The molecule has 0 fully saturated rings. The van der Waals surface area contributed by atoms with E-state index in [2.05, 4.69) is 39.8 Å². The van der Waals surface area contributed by atoms with E-state index in [1.54, 1.807) is 0 Å². The fourth-order valence-corrected chi connectivity index (χ4v) is 4.11. The molecule has 4 aromatic rings. The van der Waals surface area contributed by atoms with Crippen LogP contribution in [0.3, 0.4) is 0 Å². The third-order valence-electron chi connectivity index (χ3n) is 6.05. The van der Waals surface area contributed by atoms with Gasteiger partial charge in [0.25, 0.3) is 0 Å². The number of benzene rings is 2. The summed E-state index contributed by atoms with van der Waals surface area (Å²) in [4.78, 5) is 22.6. The monoisotopic (exact) mass is 458 g/mol. The molecule has 0 saturated heterocycles. The highest BCUT2D eigenvalue weighted by atomic mass is 16.5. The summed E-state index contributed by atoms with van der Waals surface area (Å²) in [6.45, 7) is 6.06. The van der Waals surface area contributed by atoms with Gasteiger partial charge in [0.1, 0.15) is 12.4 Å². The van der Waals surface area contributed by atoms with Crippen molar-refractivity contribution in [2.24, 2.45) is 0 Å². The van der Waals surface area contributed by atoms with Crippen LogP contribution in [0.15, 0.2) is 60.9 Å². The Hall–Kier alpha value is -3.87. The van der Waals surface area contributed by atoms with E-state index in [1.165, 1.54) is 22.7 Å². The molecule has 0 aliphatic rings. The molecule has 7 heteroatoms. The van der Waals surface area contributed by atoms with E-state index in [-0.39, 0.29) is 5.56 Å². The first-order valence-electron chi connectivity index (χ1n) is 11.5. The quantitative estimate of drug-likeness (QED) is 0.369. The zero-order chi connectivity index (χ0) is 24.1. The third kappa shape index (κ3) is 5.03. The standard InChI is InChI=1S/C27H30N4O3/c1-4-31-18-20(21-10-6-7-11-24(21)31)13-14-23-22(26(32)33)17-28-27(29-23)30(3)15-16-34-25-12-8-5-9-19(25)2/h5-12,17-18H,4,13-16H2,1-3H3,(H,32,33). The Kier molecular flexibility index (Phi) is 7.11. The second-order valence-corrected chi connectivity index (χ2v) is 8.33. The summed E-state index contributed by atoms with van der Waals surface area (Å²) < 4.78 is 8.11. The van der Waals surface area contributed by atoms with Crippen LogP contribution in [-0.2, 0) is 19.4 Å². The summed E-state index contributed by atoms with van der Waals surface area (Å²) in [5.74, 6) is 0.331. The summed E-state index contributed by atoms with van der Waals surface area (Å²) >= 11 is 0. The first-order chi connectivity index (χ1) is 16.5. The lowest BCUT2D eigenvalue weighted by atomic mass is 10.0. The number of carboxylic acids is 1. The van der Waals surface area contributed by atoms with Crippen molar-refractivity contribution in [2.45, 2.75) is 33.2 Å². The SMILES string of the molecule is CCn1cc(CCc2nc(N(C)CCOc3ccccc3C)ncc2C(=O)O)c2ccccc21. The lowest BCUT2D eigenvalue weighted by Crippen LogP contribution is -2.26. The van der Waals surface area contributed by atoms with Crippen LogP contribution in [0.5, 0.6) is 5.75 Å². The fraction of sp³-hybridized carbons (Fsp3) is 0.296. The summed E-state index contributed by atoms with van der Waals surface area (Å²) in [6.07, 6.45) is 4.78.